The number of carbonyl (C=O) groups is 1. The molecule has 0 unspecified atom stereocenters. The van der Waals surface area contributed by atoms with Crippen LogP contribution in [0.5, 0.6) is 0 Å². The van der Waals surface area contributed by atoms with Crippen molar-refractivity contribution in [2.24, 2.45) is 11.8 Å². The second-order valence-electron chi connectivity index (χ2n) is 6.97. The predicted molar refractivity (Wildman–Crippen MR) is 91.4 cm³/mol. The normalized spacial score (nSPS) is 23.5. The summed E-state index contributed by atoms with van der Waals surface area (Å²) >= 11 is 0. The highest BCUT2D eigenvalue weighted by atomic mass is 16.3. The van der Waals surface area contributed by atoms with Gasteiger partial charge in [-0.1, -0.05) is 30.3 Å². The lowest BCUT2D eigenvalue weighted by molar-refractivity contribution is -0.134. The molecule has 1 aliphatic carbocycles. The number of likely N-dealkylation sites (tertiary alicyclic amines) is 1. The quantitative estimate of drug-likeness (QED) is 0.938. The Hall–Kier alpha value is -2.20. The van der Waals surface area contributed by atoms with Crippen molar-refractivity contribution in [3.8, 4) is 0 Å². The Kier molecular flexibility index (Phi) is 4.07. The molecule has 1 aromatic carbocycles. The van der Waals surface area contributed by atoms with Crippen LogP contribution in [0.3, 0.4) is 0 Å². The van der Waals surface area contributed by atoms with Gasteiger partial charge in [0.25, 0.3) is 0 Å². The van der Waals surface area contributed by atoms with E-state index in [0.29, 0.717) is 13.1 Å². The Morgan fingerprint density at radius 1 is 1.08 bits per heavy atom. The molecule has 24 heavy (non-hydrogen) atoms. The van der Waals surface area contributed by atoms with Crippen LogP contribution in [0.2, 0.25) is 0 Å². The van der Waals surface area contributed by atoms with E-state index in [-0.39, 0.29) is 17.7 Å². The lowest BCUT2D eigenvalue weighted by Crippen LogP contribution is -2.35. The molecule has 2 aromatic rings. The van der Waals surface area contributed by atoms with E-state index >= 15 is 0 Å². The van der Waals surface area contributed by atoms with E-state index in [1.807, 2.05) is 35.2 Å². The number of pyridine rings is 1. The van der Waals surface area contributed by atoms with E-state index < -0.39 is 6.10 Å². The molecular formula is C20H22N2O2. The third-order valence-corrected chi connectivity index (χ3v) is 5.32. The maximum atomic E-state index is 12.9. The molecule has 4 rings (SSSR count). The van der Waals surface area contributed by atoms with E-state index in [0.717, 1.165) is 25.0 Å². The molecule has 1 aromatic heterocycles. The minimum Gasteiger partial charge on any atom is -0.391 e. The summed E-state index contributed by atoms with van der Waals surface area (Å²) in [6.45, 7) is 1.08. The number of benzene rings is 1. The number of fused-ring (bicyclic) bond motifs is 1. The Labute approximate surface area is 142 Å². The number of aliphatic hydroxyl groups is 1. The molecule has 1 amide bonds. The predicted octanol–water partition coefficient (Wildman–Crippen LogP) is 1.86. The largest absolute Gasteiger partial charge is 0.391 e. The number of aromatic nitrogens is 1. The first-order valence-corrected chi connectivity index (χ1v) is 8.64. The van der Waals surface area contributed by atoms with Crippen molar-refractivity contribution in [2.75, 3.05) is 13.1 Å². The van der Waals surface area contributed by atoms with E-state index in [2.05, 4.69) is 17.1 Å². The first kappa shape index (κ1) is 15.3. The van der Waals surface area contributed by atoms with Gasteiger partial charge in [0.05, 0.1) is 6.10 Å². The summed E-state index contributed by atoms with van der Waals surface area (Å²) in [5.41, 5.74) is 3.56. The fourth-order valence-corrected chi connectivity index (χ4v) is 4.01. The average Bonchev–Trinajstić information content (AvgIpc) is 3.19. The number of nitrogens with zero attached hydrogens (tertiary/aromatic N) is 2. The summed E-state index contributed by atoms with van der Waals surface area (Å²) in [6.07, 6.45) is 3.69. The van der Waals surface area contributed by atoms with Crippen LogP contribution in [0.4, 0.5) is 0 Å². The fraction of sp³-hybridized carbons (Fsp3) is 0.400. The molecule has 1 aliphatic heterocycles. The number of β-amino-alcohol motifs (C(OH)–C–C–N with tert-alkyl or cyclic N) is 1. The highest BCUT2D eigenvalue weighted by molar-refractivity contribution is 5.80. The molecule has 0 radical (unpaired) electrons. The summed E-state index contributed by atoms with van der Waals surface area (Å²) in [4.78, 5) is 19.1. The van der Waals surface area contributed by atoms with E-state index in [1.165, 1.54) is 11.1 Å². The van der Waals surface area contributed by atoms with E-state index in [9.17, 15) is 9.90 Å². The second-order valence-corrected chi connectivity index (χ2v) is 6.97. The molecule has 0 saturated carbocycles. The topological polar surface area (TPSA) is 53.4 Å². The van der Waals surface area contributed by atoms with Gasteiger partial charge in [-0.05, 0) is 42.5 Å². The van der Waals surface area contributed by atoms with Gasteiger partial charge in [0.2, 0.25) is 5.91 Å². The number of hydrogen-bond donors (Lipinski definition) is 1. The molecule has 4 heteroatoms. The van der Waals surface area contributed by atoms with Gasteiger partial charge in [0.1, 0.15) is 0 Å². The van der Waals surface area contributed by atoms with Gasteiger partial charge < -0.3 is 10.0 Å². The summed E-state index contributed by atoms with van der Waals surface area (Å²) in [5.74, 6) is 0.296. The fourth-order valence-electron chi connectivity index (χ4n) is 4.01. The first-order valence-electron chi connectivity index (χ1n) is 8.64. The van der Waals surface area contributed by atoms with Crippen LogP contribution in [-0.4, -0.2) is 40.1 Å². The maximum Gasteiger partial charge on any atom is 0.226 e. The van der Waals surface area contributed by atoms with Crippen LogP contribution in [0, 0.1) is 11.8 Å². The number of aliphatic hydroxyl groups excluding tert-OH is 1. The van der Waals surface area contributed by atoms with Gasteiger partial charge in [0, 0.05) is 36.8 Å². The van der Waals surface area contributed by atoms with Crippen LogP contribution < -0.4 is 0 Å². The molecule has 0 bridgehead atoms. The molecule has 1 fully saturated rings. The van der Waals surface area contributed by atoms with Crippen LogP contribution in [-0.2, 0) is 24.1 Å². The third-order valence-electron chi connectivity index (χ3n) is 5.32. The first-order chi connectivity index (χ1) is 11.7. The zero-order valence-electron chi connectivity index (χ0n) is 13.6. The lowest BCUT2D eigenvalue weighted by atomic mass is 10.00. The number of carbonyl (C=O) groups excluding carboxylic acids is 1. The molecule has 0 spiro atoms. The summed E-state index contributed by atoms with van der Waals surface area (Å²) in [7, 11) is 0. The Morgan fingerprint density at radius 3 is 2.46 bits per heavy atom. The summed E-state index contributed by atoms with van der Waals surface area (Å²) in [5, 5.41) is 10.4. The molecule has 4 nitrogen and oxygen atoms in total. The van der Waals surface area contributed by atoms with Crippen LogP contribution in [0.15, 0.2) is 48.7 Å². The van der Waals surface area contributed by atoms with Crippen molar-refractivity contribution < 1.29 is 9.90 Å². The van der Waals surface area contributed by atoms with Crippen LogP contribution in [0.1, 0.15) is 16.8 Å². The highest BCUT2D eigenvalue weighted by Crippen LogP contribution is 2.30. The highest BCUT2D eigenvalue weighted by Gasteiger charge is 2.38. The van der Waals surface area contributed by atoms with Gasteiger partial charge in [-0.2, -0.15) is 0 Å². The van der Waals surface area contributed by atoms with Crippen molar-refractivity contribution in [3.63, 3.8) is 0 Å². The van der Waals surface area contributed by atoms with Crippen molar-refractivity contribution in [1.29, 1.82) is 0 Å². The van der Waals surface area contributed by atoms with Crippen molar-refractivity contribution in [2.45, 2.75) is 25.4 Å². The Morgan fingerprint density at radius 2 is 1.79 bits per heavy atom. The van der Waals surface area contributed by atoms with E-state index in [1.54, 1.807) is 6.20 Å². The molecule has 1 N–H and O–H groups in total. The number of amides is 1. The SMILES string of the molecule is O=C(C1Cc2ccccc2C1)N1C[C@@H](Cc2ccccn2)[C@H](O)C1. The summed E-state index contributed by atoms with van der Waals surface area (Å²) < 4.78 is 0. The molecule has 2 aliphatic rings. The molecule has 2 atom stereocenters. The van der Waals surface area contributed by atoms with Crippen molar-refractivity contribution in [1.82, 2.24) is 9.88 Å². The van der Waals surface area contributed by atoms with Crippen LogP contribution >= 0.6 is 0 Å². The van der Waals surface area contributed by atoms with E-state index in [4.69, 9.17) is 0 Å². The molecule has 124 valence electrons. The average molecular weight is 322 g/mol. The van der Waals surface area contributed by atoms with Gasteiger partial charge >= 0.3 is 0 Å². The smallest absolute Gasteiger partial charge is 0.226 e. The Balaban J connectivity index is 1.40. The minimum absolute atomic E-state index is 0.0307. The molecular weight excluding hydrogens is 300 g/mol. The second kappa shape index (κ2) is 6.36. The Bertz CT molecular complexity index is 706. The maximum absolute atomic E-state index is 12.9. The summed E-state index contributed by atoms with van der Waals surface area (Å²) in [6, 6.07) is 14.1. The number of hydrogen-bond acceptors (Lipinski definition) is 3. The van der Waals surface area contributed by atoms with Crippen LogP contribution in [0.25, 0.3) is 0 Å². The molecule has 2 heterocycles. The van der Waals surface area contributed by atoms with Gasteiger partial charge in [-0.25, -0.2) is 0 Å². The number of rotatable bonds is 3. The standard InChI is InChI=1S/C20H22N2O2/c23-19-13-22(12-17(19)11-18-7-3-4-8-21-18)20(24)16-9-14-5-1-2-6-15(14)10-16/h1-8,16-17,19,23H,9-13H2/t17-,19-/m1/s1. The van der Waals surface area contributed by atoms with Gasteiger partial charge in [-0.3, -0.25) is 9.78 Å². The minimum atomic E-state index is -0.459. The molecule has 1 saturated heterocycles. The zero-order chi connectivity index (χ0) is 16.5. The van der Waals surface area contributed by atoms with Gasteiger partial charge in [-0.15, -0.1) is 0 Å². The zero-order valence-corrected chi connectivity index (χ0v) is 13.6. The van der Waals surface area contributed by atoms with Crippen molar-refractivity contribution >= 4 is 5.91 Å². The third kappa shape index (κ3) is 2.94. The van der Waals surface area contributed by atoms with Gasteiger partial charge in [0.15, 0.2) is 0 Å². The monoisotopic (exact) mass is 322 g/mol. The lowest BCUT2D eigenvalue weighted by Gasteiger charge is -2.20. The van der Waals surface area contributed by atoms with Crippen molar-refractivity contribution in [3.05, 3.63) is 65.5 Å².